The maximum Gasteiger partial charge on any atom is 0.412 e. The molecule has 26 heavy (non-hydrogen) atoms. The van der Waals surface area contributed by atoms with Crippen LogP contribution in [0.4, 0.5) is 10.5 Å². The van der Waals surface area contributed by atoms with Gasteiger partial charge in [0, 0.05) is 25.1 Å². The van der Waals surface area contributed by atoms with Crippen LogP contribution in [0.5, 0.6) is 5.75 Å². The number of fused-ring (bicyclic) bond motifs is 1. The Kier molecular flexibility index (Phi) is 8.10. The van der Waals surface area contributed by atoms with Crippen LogP contribution in [0.25, 0.3) is 0 Å². The number of nitrogens with one attached hydrogen (secondary N) is 1. The van der Waals surface area contributed by atoms with Crippen LogP contribution in [-0.4, -0.2) is 35.0 Å². The number of nitrogens with zero attached hydrogens (tertiary/aromatic N) is 1. The maximum atomic E-state index is 12.2. The van der Waals surface area contributed by atoms with Gasteiger partial charge in [0.05, 0.1) is 5.69 Å². The molecule has 0 unspecified atom stereocenters. The number of hydrogen-bond acceptors (Lipinski definition) is 5. The van der Waals surface area contributed by atoms with Crippen molar-refractivity contribution in [2.75, 3.05) is 24.3 Å². The summed E-state index contributed by atoms with van der Waals surface area (Å²) in [5, 5.41) is 2.82. The molecular weight excluding hydrogens is 348 g/mol. The zero-order chi connectivity index (χ0) is 19.0. The van der Waals surface area contributed by atoms with Crippen LogP contribution in [0.15, 0.2) is 18.2 Å². The van der Waals surface area contributed by atoms with E-state index in [1.165, 1.54) is 12.8 Å². The third-order valence-corrected chi connectivity index (χ3v) is 5.23. The molecule has 1 aromatic carbocycles. The molecule has 0 saturated carbocycles. The number of benzene rings is 1. The summed E-state index contributed by atoms with van der Waals surface area (Å²) < 4.78 is 13.6. The molecule has 5 nitrogen and oxygen atoms in total. The predicted octanol–water partition coefficient (Wildman–Crippen LogP) is 5.46. The third kappa shape index (κ3) is 6.40. The van der Waals surface area contributed by atoms with E-state index in [1.807, 2.05) is 32.0 Å². The van der Waals surface area contributed by atoms with Crippen molar-refractivity contribution in [3.63, 3.8) is 0 Å². The van der Waals surface area contributed by atoms with Gasteiger partial charge in [0.2, 0.25) is 0 Å². The van der Waals surface area contributed by atoms with E-state index in [1.54, 1.807) is 11.9 Å². The summed E-state index contributed by atoms with van der Waals surface area (Å²) in [6.07, 6.45) is 5.05. The molecule has 2 rings (SSSR count). The molecule has 0 aromatic heterocycles. The second kappa shape index (κ2) is 10.1. The van der Waals surface area contributed by atoms with Gasteiger partial charge in [-0.3, -0.25) is 5.32 Å². The summed E-state index contributed by atoms with van der Waals surface area (Å²) in [7, 11) is 0. The van der Waals surface area contributed by atoms with Gasteiger partial charge in [-0.05, 0) is 44.7 Å². The molecule has 1 aromatic rings. The SMILES string of the molecule is CCCCN(CCCC)SCOC(=O)Nc1cccc2c1OC(C)(C)C2. The van der Waals surface area contributed by atoms with Crippen LogP contribution in [0.2, 0.25) is 0 Å². The van der Waals surface area contributed by atoms with E-state index >= 15 is 0 Å². The number of para-hydroxylation sites is 1. The number of carbonyl (C=O) groups excluding carboxylic acids is 1. The number of ether oxygens (including phenoxy) is 2. The van der Waals surface area contributed by atoms with Gasteiger partial charge in [-0.1, -0.05) is 38.8 Å². The molecule has 0 saturated heterocycles. The van der Waals surface area contributed by atoms with Gasteiger partial charge in [0.25, 0.3) is 0 Å². The van der Waals surface area contributed by atoms with Crippen molar-refractivity contribution in [2.45, 2.75) is 65.4 Å². The van der Waals surface area contributed by atoms with E-state index in [9.17, 15) is 4.79 Å². The first-order valence-electron chi connectivity index (χ1n) is 9.57. The molecule has 0 aliphatic carbocycles. The molecule has 6 heteroatoms. The van der Waals surface area contributed by atoms with E-state index in [0.29, 0.717) is 11.6 Å². The molecule has 1 heterocycles. The maximum absolute atomic E-state index is 12.2. The van der Waals surface area contributed by atoms with E-state index in [-0.39, 0.29) is 5.60 Å². The fraction of sp³-hybridized carbons (Fsp3) is 0.650. The Morgan fingerprint density at radius 3 is 2.62 bits per heavy atom. The minimum Gasteiger partial charge on any atom is -0.485 e. The second-order valence-electron chi connectivity index (χ2n) is 7.27. The molecule has 146 valence electrons. The van der Waals surface area contributed by atoms with E-state index < -0.39 is 6.09 Å². The Hall–Kier alpha value is -1.40. The average Bonchev–Trinajstić information content (AvgIpc) is 2.92. The zero-order valence-electron chi connectivity index (χ0n) is 16.5. The first-order chi connectivity index (χ1) is 12.4. The predicted molar refractivity (Wildman–Crippen MR) is 109 cm³/mol. The molecule has 1 aliphatic rings. The van der Waals surface area contributed by atoms with Gasteiger partial charge in [-0.2, -0.15) is 0 Å². The first kappa shape index (κ1) is 20.9. The van der Waals surface area contributed by atoms with E-state index in [2.05, 4.69) is 23.5 Å². The number of amides is 1. The highest BCUT2D eigenvalue weighted by Crippen LogP contribution is 2.40. The van der Waals surface area contributed by atoms with Crippen LogP contribution >= 0.6 is 11.9 Å². The number of rotatable bonds is 10. The molecule has 1 aliphatic heterocycles. The Bertz CT molecular complexity index is 584. The fourth-order valence-corrected chi connectivity index (χ4v) is 3.75. The normalized spacial score (nSPS) is 14.8. The molecule has 0 bridgehead atoms. The molecule has 1 amide bonds. The van der Waals surface area contributed by atoms with E-state index in [4.69, 9.17) is 9.47 Å². The van der Waals surface area contributed by atoms with Crippen LogP contribution in [0.1, 0.15) is 58.9 Å². The molecule has 0 spiro atoms. The number of unbranched alkanes of at least 4 members (excludes halogenated alkanes) is 2. The third-order valence-electron chi connectivity index (χ3n) is 4.28. The van der Waals surface area contributed by atoms with Crippen LogP contribution in [0.3, 0.4) is 0 Å². The van der Waals surface area contributed by atoms with Crippen LogP contribution < -0.4 is 10.1 Å². The summed E-state index contributed by atoms with van der Waals surface area (Å²) in [6, 6.07) is 5.82. The van der Waals surface area contributed by atoms with Gasteiger partial charge in [-0.25, -0.2) is 9.10 Å². The molecule has 1 N–H and O–H groups in total. The summed E-state index contributed by atoms with van der Waals surface area (Å²) in [6.45, 7) is 10.5. The monoisotopic (exact) mass is 380 g/mol. The molecule has 0 radical (unpaired) electrons. The highest BCUT2D eigenvalue weighted by molar-refractivity contribution is 7.96. The summed E-state index contributed by atoms with van der Waals surface area (Å²) in [4.78, 5) is 12.2. The summed E-state index contributed by atoms with van der Waals surface area (Å²) in [5.74, 6) is 1.08. The highest BCUT2D eigenvalue weighted by Gasteiger charge is 2.32. The van der Waals surface area contributed by atoms with Gasteiger partial charge in [0.15, 0.2) is 5.94 Å². The second-order valence-corrected chi connectivity index (χ2v) is 8.28. The lowest BCUT2D eigenvalue weighted by Crippen LogP contribution is -2.25. The van der Waals surface area contributed by atoms with Crippen molar-refractivity contribution in [3.05, 3.63) is 23.8 Å². The molecule has 0 atom stereocenters. The Balaban J connectivity index is 1.81. The minimum atomic E-state index is -0.440. The lowest BCUT2D eigenvalue weighted by atomic mass is 10.0. The zero-order valence-corrected chi connectivity index (χ0v) is 17.3. The van der Waals surface area contributed by atoms with Crippen LogP contribution in [-0.2, 0) is 11.2 Å². The van der Waals surface area contributed by atoms with Crippen molar-refractivity contribution in [2.24, 2.45) is 0 Å². The Morgan fingerprint density at radius 2 is 1.96 bits per heavy atom. The molecular formula is C20H32N2O3S. The van der Waals surface area contributed by atoms with E-state index in [0.717, 1.165) is 43.7 Å². The van der Waals surface area contributed by atoms with Gasteiger partial charge < -0.3 is 9.47 Å². The summed E-state index contributed by atoms with van der Waals surface area (Å²) in [5.41, 5.74) is 1.56. The fourth-order valence-electron chi connectivity index (χ4n) is 2.92. The van der Waals surface area contributed by atoms with Gasteiger partial charge in [0.1, 0.15) is 11.4 Å². The van der Waals surface area contributed by atoms with Crippen molar-refractivity contribution in [1.29, 1.82) is 0 Å². The quantitative estimate of drug-likeness (QED) is 0.432. The average molecular weight is 381 g/mol. The number of hydrogen-bond donors (Lipinski definition) is 1. The topological polar surface area (TPSA) is 50.8 Å². The lowest BCUT2D eigenvalue weighted by Gasteiger charge is -2.20. The van der Waals surface area contributed by atoms with Gasteiger partial charge >= 0.3 is 6.09 Å². The van der Waals surface area contributed by atoms with Gasteiger partial charge in [-0.15, -0.1) is 0 Å². The van der Waals surface area contributed by atoms with Crippen molar-refractivity contribution in [3.8, 4) is 5.75 Å². The Morgan fingerprint density at radius 1 is 1.27 bits per heavy atom. The standard InChI is InChI=1S/C20H32N2O3S/c1-5-7-12-22(13-8-6-2)26-15-24-19(23)21-17-11-9-10-16-14-20(3,4)25-18(16)17/h9-11H,5-8,12-15H2,1-4H3,(H,21,23). The van der Waals surface area contributed by atoms with Crippen molar-refractivity contribution in [1.82, 2.24) is 4.31 Å². The number of anilines is 1. The Labute approximate surface area is 161 Å². The minimum absolute atomic E-state index is 0.237. The molecule has 0 fully saturated rings. The van der Waals surface area contributed by atoms with Crippen LogP contribution in [0, 0.1) is 0 Å². The largest absolute Gasteiger partial charge is 0.485 e. The van der Waals surface area contributed by atoms with Crippen molar-refractivity contribution >= 4 is 23.7 Å². The lowest BCUT2D eigenvalue weighted by molar-refractivity contribution is 0.139. The highest BCUT2D eigenvalue weighted by atomic mass is 32.2. The first-order valence-corrected chi connectivity index (χ1v) is 10.5. The number of carbonyl (C=O) groups is 1. The summed E-state index contributed by atoms with van der Waals surface area (Å²) >= 11 is 1.58. The smallest absolute Gasteiger partial charge is 0.412 e. The van der Waals surface area contributed by atoms with Crippen molar-refractivity contribution < 1.29 is 14.3 Å².